The summed E-state index contributed by atoms with van der Waals surface area (Å²) in [7, 11) is 1.49. The van der Waals surface area contributed by atoms with E-state index in [4.69, 9.17) is 27.9 Å². The fraction of sp³-hybridized carbons (Fsp3) is 0.143. The van der Waals surface area contributed by atoms with Crippen LogP contribution in [0.2, 0.25) is 0 Å². The fourth-order valence-electron chi connectivity index (χ4n) is 0.396. The van der Waals surface area contributed by atoms with Gasteiger partial charge in [-0.15, -0.1) is 0 Å². The van der Waals surface area contributed by atoms with Crippen molar-refractivity contribution >= 4 is 23.2 Å². The maximum Gasteiger partial charge on any atom is 0.138 e. The molecule has 1 nitrogen and oxygen atoms in total. The molecule has 0 unspecified atom stereocenters. The molecule has 3 heteroatoms. The Bertz CT molecular complexity index is 182. The highest BCUT2D eigenvalue weighted by atomic mass is 35.5. The number of halogens is 2. The van der Waals surface area contributed by atoms with E-state index < -0.39 is 0 Å². The predicted octanol–water partition coefficient (Wildman–Crippen LogP) is 3.02. The first-order chi connectivity index (χ1) is 4.63. The molecule has 0 aliphatic rings. The van der Waals surface area contributed by atoms with E-state index >= 15 is 0 Å². The minimum atomic E-state index is 0.249. The summed E-state index contributed by atoms with van der Waals surface area (Å²) >= 11 is 11.1. The SMILES string of the molecule is C=C/C(OC)=C(/Cl)C(=C)Cl. The Hall–Kier alpha value is -0.400. The molecule has 0 bridgehead atoms. The second-order valence-corrected chi connectivity index (χ2v) is 2.33. The van der Waals surface area contributed by atoms with Gasteiger partial charge in [0, 0.05) is 0 Å². The Kier molecular flexibility index (Phi) is 4.24. The second-order valence-electron chi connectivity index (χ2n) is 1.49. The zero-order valence-corrected chi connectivity index (χ0v) is 7.17. The fourth-order valence-corrected chi connectivity index (χ4v) is 0.644. The van der Waals surface area contributed by atoms with Crippen molar-refractivity contribution in [1.29, 1.82) is 0 Å². The lowest BCUT2D eigenvalue weighted by atomic mass is 10.4. The van der Waals surface area contributed by atoms with E-state index in [1.54, 1.807) is 0 Å². The van der Waals surface area contributed by atoms with E-state index in [-0.39, 0.29) is 5.03 Å². The van der Waals surface area contributed by atoms with Crippen LogP contribution in [-0.2, 0) is 4.74 Å². The third-order valence-electron chi connectivity index (χ3n) is 0.860. The largest absolute Gasteiger partial charge is 0.495 e. The minimum Gasteiger partial charge on any atom is -0.495 e. The smallest absolute Gasteiger partial charge is 0.138 e. The number of allylic oxidation sites excluding steroid dienone is 3. The molecule has 0 saturated carbocycles. The van der Waals surface area contributed by atoms with Crippen molar-refractivity contribution in [2.45, 2.75) is 0 Å². The van der Waals surface area contributed by atoms with Gasteiger partial charge < -0.3 is 4.74 Å². The van der Waals surface area contributed by atoms with Crippen LogP contribution in [0, 0.1) is 0 Å². The first-order valence-electron chi connectivity index (χ1n) is 2.54. The molecule has 0 radical (unpaired) electrons. The molecule has 0 saturated heterocycles. The number of ether oxygens (including phenoxy) is 1. The summed E-state index contributed by atoms with van der Waals surface area (Å²) in [5, 5.41) is 0.539. The first kappa shape index (κ1) is 9.60. The van der Waals surface area contributed by atoms with Gasteiger partial charge in [0.25, 0.3) is 0 Å². The molecular weight excluding hydrogens is 171 g/mol. The molecule has 56 valence electrons. The van der Waals surface area contributed by atoms with Gasteiger partial charge in [-0.25, -0.2) is 0 Å². The highest BCUT2D eigenvalue weighted by Crippen LogP contribution is 2.21. The van der Waals surface area contributed by atoms with Gasteiger partial charge in [-0.1, -0.05) is 36.4 Å². The normalized spacial score (nSPS) is 11.9. The highest BCUT2D eigenvalue weighted by molar-refractivity contribution is 6.43. The van der Waals surface area contributed by atoms with Gasteiger partial charge in [0.15, 0.2) is 0 Å². The van der Waals surface area contributed by atoms with Crippen LogP contribution in [-0.4, -0.2) is 7.11 Å². The zero-order chi connectivity index (χ0) is 8.15. The predicted molar refractivity (Wildman–Crippen MR) is 45.1 cm³/mol. The number of methoxy groups -OCH3 is 1. The molecule has 0 aromatic carbocycles. The number of rotatable bonds is 3. The lowest BCUT2D eigenvalue weighted by Crippen LogP contribution is -1.84. The van der Waals surface area contributed by atoms with Crippen LogP contribution >= 0.6 is 23.2 Å². The maximum absolute atomic E-state index is 5.63. The van der Waals surface area contributed by atoms with Crippen molar-refractivity contribution in [2.75, 3.05) is 7.11 Å². The molecule has 10 heavy (non-hydrogen) atoms. The Labute approximate surface area is 70.6 Å². The van der Waals surface area contributed by atoms with Crippen LogP contribution in [0.3, 0.4) is 0 Å². The average molecular weight is 179 g/mol. The second kappa shape index (κ2) is 4.42. The molecule has 0 aliphatic carbocycles. The lowest BCUT2D eigenvalue weighted by molar-refractivity contribution is 0.306. The Balaban J connectivity index is 4.59. The lowest BCUT2D eigenvalue weighted by Gasteiger charge is -2.01. The summed E-state index contributed by atoms with van der Waals surface area (Å²) in [5.74, 6) is 0.432. The van der Waals surface area contributed by atoms with E-state index in [1.807, 2.05) is 0 Å². The molecule has 0 atom stereocenters. The van der Waals surface area contributed by atoms with Crippen LogP contribution < -0.4 is 0 Å². The van der Waals surface area contributed by atoms with Crippen molar-refractivity contribution < 1.29 is 4.74 Å². The Morgan fingerprint density at radius 3 is 2.10 bits per heavy atom. The summed E-state index contributed by atoms with van der Waals surface area (Å²) < 4.78 is 4.81. The third kappa shape index (κ3) is 2.46. The summed E-state index contributed by atoms with van der Waals surface area (Å²) in [6.45, 7) is 6.89. The van der Waals surface area contributed by atoms with E-state index in [1.165, 1.54) is 13.2 Å². The third-order valence-corrected chi connectivity index (χ3v) is 1.56. The summed E-state index contributed by atoms with van der Waals surface area (Å²) in [6, 6.07) is 0. The Morgan fingerprint density at radius 2 is 2.00 bits per heavy atom. The quantitative estimate of drug-likeness (QED) is 0.477. The van der Waals surface area contributed by atoms with Crippen molar-refractivity contribution in [3.05, 3.63) is 35.1 Å². The van der Waals surface area contributed by atoms with Gasteiger partial charge in [-0.2, -0.15) is 0 Å². The molecule has 0 fully saturated rings. The van der Waals surface area contributed by atoms with E-state index in [0.29, 0.717) is 10.8 Å². The maximum atomic E-state index is 5.63. The molecule has 0 N–H and O–H groups in total. The molecule has 0 rings (SSSR count). The van der Waals surface area contributed by atoms with E-state index in [0.717, 1.165) is 0 Å². The molecule has 0 spiro atoms. The standard InChI is InChI=1S/C7H8Cl2O/c1-4-6(10-3)7(9)5(2)8/h4H,1-2H2,3H3/b7-6-. The van der Waals surface area contributed by atoms with Crippen molar-refractivity contribution in [3.8, 4) is 0 Å². The Morgan fingerprint density at radius 1 is 1.50 bits per heavy atom. The molecule has 0 aromatic heterocycles. The van der Waals surface area contributed by atoms with Crippen LogP contribution in [0.4, 0.5) is 0 Å². The van der Waals surface area contributed by atoms with Gasteiger partial charge in [0.1, 0.15) is 10.8 Å². The molecule has 0 aromatic rings. The van der Waals surface area contributed by atoms with Crippen molar-refractivity contribution in [2.24, 2.45) is 0 Å². The van der Waals surface area contributed by atoms with Crippen LogP contribution in [0.1, 0.15) is 0 Å². The van der Waals surface area contributed by atoms with Crippen LogP contribution in [0.5, 0.6) is 0 Å². The summed E-state index contributed by atoms with van der Waals surface area (Å²) in [4.78, 5) is 0. The van der Waals surface area contributed by atoms with Crippen molar-refractivity contribution in [1.82, 2.24) is 0 Å². The number of hydrogen-bond acceptors (Lipinski definition) is 1. The zero-order valence-electron chi connectivity index (χ0n) is 5.66. The van der Waals surface area contributed by atoms with Gasteiger partial charge in [-0.3, -0.25) is 0 Å². The first-order valence-corrected chi connectivity index (χ1v) is 3.30. The molecule has 0 amide bonds. The van der Waals surface area contributed by atoms with E-state index in [9.17, 15) is 0 Å². The summed E-state index contributed by atoms with van der Waals surface area (Å²) in [6.07, 6.45) is 1.47. The van der Waals surface area contributed by atoms with Gasteiger partial charge in [0.05, 0.1) is 12.1 Å². The van der Waals surface area contributed by atoms with Gasteiger partial charge >= 0.3 is 0 Å². The molecular formula is C7H8Cl2O. The topological polar surface area (TPSA) is 9.23 Å². The van der Waals surface area contributed by atoms with Crippen LogP contribution in [0.15, 0.2) is 35.1 Å². The monoisotopic (exact) mass is 178 g/mol. The van der Waals surface area contributed by atoms with Gasteiger partial charge in [-0.05, 0) is 6.08 Å². The minimum absolute atomic E-state index is 0.249. The number of hydrogen-bond donors (Lipinski definition) is 0. The van der Waals surface area contributed by atoms with Crippen LogP contribution in [0.25, 0.3) is 0 Å². The van der Waals surface area contributed by atoms with Gasteiger partial charge in [0.2, 0.25) is 0 Å². The average Bonchev–Trinajstić information content (AvgIpc) is 1.90. The highest BCUT2D eigenvalue weighted by Gasteiger charge is 2.01. The van der Waals surface area contributed by atoms with Crippen molar-refractivity contribution in [3.63, 3.8) is 0 Å². The molecule has 0 heterocycles. The molecule has 0 aliphatic heterocycles. The summed E-state index contributed by atoms with van der Waals surface area (Å²) in [5.41, 5.74) is 0. The van der Waals surface area contributed by atoms with E-state index in [2.05, 4.69) is 13.2 Å².